The first kappa shape index (κ1) is 15.6. The van der Waals surface area contributed by atoms with Crippen LogP contribution in [-0.2, 0) is 4.79 Å². The molecule has 9 heteroatoms. The predicted octanol–water partition coefficient (Wildman–Crippen LogP) is 2.90. The number of halogens is 2. The monoisotopic (exact) mass is 341 g/mol. The molecule has 1 fully saturated rings. The Morgan fingerprint density at radius 1 is 1.39 bits per heavy atom. The Balaban J connectivity index is 1.75. The van der Waals surface area contributed by atoms with Gasteiger partial charge in [-0.25, -0.2) is 18.6 Å². The number of carboxylic acid groups (broad SMARTS) is 1. The number of piperidine rings is 1. The summed E-state index contributed by atoms with van der Waals surface area (Å²) in [5, 5.41) is 11.7. The van der Waals surface area contributed by atoms with Gasteiger partial charge in [0.15, 0.2) is 10.9 Å². The zero-order chi connectivity index (χ0) is 16.6. The molecule has 1 atom stereocenters. The lowest BCUT2D eigenvalue weighted by Crippen LogP contribution is -2.43. The summed E-state index contributed by atoms with van der Waals surface area (Å²) < 4.78 is 27.1. The summed E-state index contributed by atoms with van der Waals surface area (Å²) in [5.74, 6) is -2.34. The Morgan fingerprint density at radius 3 is 2.91 bits per heavy atom. The van der Waals surface area contributed by atoms with Crippen molar-refractivity contribution in [3.05, 3.63) is 23.8 Å². The van der Waals surface area contributed by atoms with Crippen LogP contribution < -0.4 is 5.32 Å². The number of anilines is 1. The maximum atomic E-state index is 13.6. The highest BCUT2D eigenvalue weighted by atomic mass is 32.1. The van der Waals surface area contributed by atoms with Gasteiger partial charge in [-0.1, -0.05) is 11.3 Å². The Kier molecular flexibility index (Phi) is 4.12. The van der Waals surface area contributed by atoms with Crippen LogP contribution in [0.2, 0.25) is 0 Å². The molecule has 0 radical (unpaired) electrons. The number of amides is 2. The van der Waals surface area contributed by atoms with Gasteiger partial charge in [-0.15, -0.1) is 0 Å². The molecular weight excluding hydrogens is 328 g/mol. The zero-order valence-electron chi connectivity index (χ0n) is 11.9. The number of hydrogen-bond acceptors (Lipinski definition) is 4. The van der Waals surface area contributed by atoms with Crippen LogP contribution >= 0.6 is 11.3 Å². The van der Waals surface area contributed by atoms with Gasteiger partial charge in [0, 0.05) is 19.2 Å². The van der Waals surface area contributed by atoms with Crippen LogP contribution in [0.25, 0.3) is 10.2 Å². The van der Waals surface area contributed by atoms with Gasteiger partial charge in [0.05, 0.1) is 10.6 Å². The Hall–Kier alpha value is -2.29. The molecule has 1 aromatic heterocycles. The largest absolute Gasteiger partial charge is 0.465 e. The minimum absolute atomic E-state index is 0.00232. The fourth-order valence-corrected chi connectivity index (χ4v) is 3.49. The van der Waals surface area contributed by atoms with Gasteiger partial charge in [-0.05, 0) is 18.9 Å². The van der Waals surface area contributed by atoms with E-state index in [4.69, 9.17) is 5.11 Å². The first-order chi connectivity index (χ1) is 10.9. The average molecular weight is 341 g/mol. The molecule has 23 heavy (non-hydrogen) atoms. The Morgan fingerprint density at radius 2 is 2.17 bits per heavy atom. The highest BCUT2D eigenvalue weighted by Crippen LogP contribution is 2.29. The van der Waals surface area contributed by atoms with Crippen LogP contribution in [0.4, 0.5) is 18.7 Å². The quantitative estimate of drug-likeness (QED) is 0.880. The van der Waals surface area contributed by atoms with Gasteiger partial charge in [-0.3, -0.25) is 4.79 Å². The van der Waals surface area contributed by atoms with Crippen molar-refractivity contribution in [3.8, 4) is 0 Å². The van der Waals surface area contributed by atoms with Crippen LogP contribution in [0.3, 0.4) is 0 Å². The molecule has 2 amide bonds. The van der Waals surface area contributed by atoms with Crippen molar-refractivity contribution in [3.63, 3.8) is 0 Å². The van der Waals surface area contributed by atoms with Gasteiger partial charge in [0.2, 0.25) is 5.91 Å². The summed E-state index contributed by atoms with van der Waals surface area (Å²) >= 11 is 0.972. The minimum atomic E-state index is -1.06. The van der Waals surface area contributed by atoms with Gasteiger partial charge in [-0.2, -0.15) is 0 Å². The summed E-state index contributed by atoms with van der Waals surface area (Å²) in [6.45, 7) is 0.528. The van der Waals surface area contributed by atoms with Gasteiger partial charge in [0.25, 0.3) is 0 Å². The first-order valence-electron chi connectivity index (χ1n) is 6.98. The number of aromatic nitrogens is 1. The van der Waals surface area contributed by atoms with Crippen LogP contribution in [-0.4, -0.2) is 40.1 Å². The summed E-state index contributed by atoms with van der Waals surface area (Å²) in [6.07, 6.45) is 0.119. The number of thiazole rings is 1. The summed E-state index contributed by atoms with van der Waals surface area (Å²) in [5.41, 5.74) is 0.00232. The van der Waals surface area contributed by atoms with E-state index in [2.05, 4.69) is 10.3 Å². The lowest BCUT2D eigenvalue weighted by Gasteiger charge is -2.29. The van der Waals surface area contributed by atoms with E-state index in [9.17, 15) is 18.4 Å². The number of nitrogens with one attached hydrogen (secondary N) is 1. The van der Waals surface area contributed by atoms with Crippen molar-refractivity contribution in [2.75, 3.05) is 18.4 Å². The highest BCUT2D eigenvalue weighted by molar-refractivity contribution is 7.22. The average Bonchev–Trinajstić information content (AvgIpc) is 2.90. The van der Waals surface area contributed by atoms with Crippen LogP contribution in [0.5, 0.6) is 0 Å². The summed E-state index contributed by atoms with van der Waals surface area (Å²) in [7, 11) is 0. The fraction of sp³-hybridized carbons (Fsp3) is 0.357. The Labute approximate surface area is 133 Å². The number of carbonyl (C=O) groups is 2. The topological polar surface area (TPSA) is 82.5 Å². The van der Waals surface area contributed by atoms with Gasteiger partial charge in [0.1, 0.15) is 11.3 Å². The van der Waals surface area contributed by atoms with E-state index in [1.165, 1.54) is 4.90 Å². The Bertz CT molecular complexity index is 780. The van der Waals surface area contributed by atoms with Crippen molar-refractivity contribution < 1.29 is 23.5 Å². The second-order valence-corrected chi connectivity index (χ2v) is 6.34. The van der Waals surface area contributed by atoms with E-state index in [0.29, 0.717) is 24.1 Å². The third-order valence-corrected chi connectivity index (χ3v) is 4.62. The van der Waals surface area contributed by atoms with E-state index >= 15 is 0 Å². The van der Waals surface area contributed by atoms with E-state index < -0.39 is 23.6 Å². The molecular formula is C14H13F2N3O3S. The summed E-state index contributed by atoms with van der Waals surface area (Å²) in [6, 6.07) is 1.89. The lowest BCUT2D eigenvalue weighted by atomic mass is 9.97. The minimum Gasteiger partial charge on any atom is -0.465 e. The molecule has 2 N–H and O–H groups in total. The standard InChI is InChI=1S/C14H13F2N3O3S/c15-8-4-9(16)11-10(5-8)23-13(17-11)18-12(20)7-2-1-3-19(6-7)14(21)22/h4-5,7H,1-3,6H2,(H,21,22)(H,17,18,20)/t7-/m0/s1. The second kappa shape index (κ2) is 6.07. The SMILES string of the molecule is O=C(Nc1nc2c(F)cc(F)cc2s1)[C@H]1CCCN(C(=O)O)C1. The van der Waals surface area contributed by atoms with Crippen LogP contribution in [0.15, 0.2) is 12.1 Å². The van der Waals surface area contributed by atoms with Crippen LogP contribution in [0, 0.1) is 17.6 Å². The zero-order valence-corrected chi connectivity index (χ0v) is 12.7. The van der Waals surface area contributed by atoms with E-state index in [0.717, 1.165) is 23.5 Å². The number of fused-ring (bicyclic) bond motifs is 1. The van der Waals surface area contributed by atoms with Crippen molar-refractivity contribution in [1.82, 2.24) is 9.88 Å². The molecule has 2 aromatic rings. The molecule has 6 nitrogen and oxygen atoms in total. The third-order valence-electron chi connectivity index (χ3n) is 3.71. The number of rotatable bonds is 2. The van der Waals surface area contributed by atoms with E-state index in [-0.39, 0.29) is 23.1 Å². The van der Waals surface area contributed by atoms with Gasteiger partial charge < -0.3 is 15.3 Å². The number of benzene rings is 1. The number of nitrogens with zero attached hydrogens (tertiary/aromatic N) is 2. The molecule has 0 bridgehead atoms. The van der Waals surface area contributed by atoms with Crippen molar-refractivity contribution >= 4 is 38.7 Å². The maximum absolute atomic E-state index is 13.6. The molecule has 0 spiro atoms. The van der Waals surface area contributed by atoms with E-state index in [1.54, 1.807) is 0 Å². The van der Waals surface area contributed by atoms with Gasteiger partial charge >= 0.3 is 6.09 Å². The van der Waals surface area contributed by atoms with E-state index in [1.807, 2.05) is 0 Å². The molecule has 1 aliphatic heterocycles. The molecule has 3 rings (SSSR count). The molecule has 2 heterocycles. The molecule has 122 valence electrons. The number of hydrogen-bond donors (Lipinski definition) is 2. The van der Waals surface area contributed by atoms with Crippen LogP contribution in [0.1, 0.15) is 12.8 Å². The molecule has 0 unspecified atom stereocenters. The molecule has 0 saturated carbocycles. The lowest BCUT2D eigenvalue weighted by molar-refractivity contribution is -0.121. The number of carbonyl (C=O) groups excluding carboxylic acids is 1. The molecule has 0 aliphatic carbocycles. The third kappa shape index (κ3) is 3.24. The first-order valence-corrected chi connectivity index (χ1v) is 7.80. The fourth-order valence-electron chi connectivity index (χ4n) is 2.58. The van der Waals surface area contributed by atoms with Crippen molar-refractivity contribution in [2.24, 2.45) is 5.92 Å². The molecule has 1 saturated heterocycles. The molecule has 1 aliphatic rings. The highest BCUT2D eigenvalue weighted by Gasteiger charge is 2.28. The van der Waals surface area contributed by atoms with Crippen molar-refractivity contribution in [1.29, 1.82) is 0 Å². The molecule has 1 aromatic carbocycles. The second-order valence-electron chi connectivity index (χ2n) is 5.31. The summed E-state index contributed by atoms with van der Waals surface area (Å²) in [4.78, 5) is 28.4. The smallest absolute Gasteiger partial charge is 0.407 e. The maximum Gasteiger partial charge on any atom is 0.407 e. The number of likely N-dealkylation sites (tertiary alicyclic amines) is 1. The van der Waals surface area contributed by atoms with Crippen molar-refractivity contribution in [2.45, 2.75) is 12.8 Å². The predicted molar refractivity (Wildman–Crippen MR) is 80.5 cm³/mol. The normalized spacial score (nSPS) is 18.2.